The maximum Gasteiger partial charge on any atom is 0.335 e. The Hall–Kier alpha value is -1.81. The van der Waals surface area contributed by atoms with Crippen LogP contribution in [0.2, 0.25) is 0 Å². The Morgan fingerprint density at radius 1 is 1.38 bits per heavy atom. The number of aromatic nitrogens is 1. The summed E-state index contributed by atoms with van der Waals surface area (Å²) >= 11 is 0. The molecule has 1 atom stereocenters. The van der Waals surface area contributed by atoms with Crippen LogP contribution in [-0.2, 0) is 11.3 Å². The molecular formula is C17H21NO3. The largest absolute Gasteiger partial charge is 0.478 e. The molecule has 1 saturated heterocycles. The van der Waals surface area contributed by atoms with Crippen LogP contribution in [0.15, 0.2) is 18.2 Å². The van der Waals surface area contributed by atoms with Gasteiger partial charge in [0.15, 0.2) is 0 Å². The highest BCUT2D eigenvalue weighted by molar-refractivity contribution is 5.95. The van der Waals surface area contributed by atoms with Crippen LogP contribution in [0.25, 0.3) is 10.9 Å². The molecule has 0 aliphatic carbocycles. The van der Waals surface area contributed by atoms with Gasteiger partial charge in [-0.05, 0) is 56.9 Å². The van der Waals surface area contributed by atoms with E-state index in [4.69, 9.17) is 9.84 Å². The molecule has 1 aliphatic heterocycles. The van der Waals surface area contributed by atoms with Crippen molar-refractivity contribution in [1.82, 2.24) is 4.57 Å². The molecule has 1 aromatic carbocycles. The molecule has 0 amide bonds. The van der Waals surface area contributed by atoms with E-state index >= 15 is 0 Å². The number of carboxylic acid groups (broad SMARTS) is 1. The monoisotopic (exact) mass is 287 g/mol. The molecule has 4 heteroatoms. The number of benzene rings is 1. The number of carbonyl (C=O) groups is 1. The normalized spacial score (nSPS) is 19.0. The summed E-state index contributed by atoms with van der Waals surface area (Å²) in [5.74, 6) is -0.877. The zero-order valence-corrected chi connectivity index (χ0v) is 12.6. The van der Waals surface area contributed by atoms with Crippen LogP contribution in [0.1, 0.15) is 40.9 Å². The second-order valence-electron chi connectivity index (χ2n) is 5.85. The van der Waals surface area contributed by atoms with Gasteiger partial charge in [-0.1, -0.05) is 0 Å². The number of hydrogen-bond acceptors (Lipinski definition) is 2. The minimum atomic E-state index is -0.877. The average molecular weight is 287 g/mol. The van der Waals surface area contributed by atoms with Gasteiger partial charge in [0, 0.05) is 29.7 Å². The van der Waals surface area contributed by atoms with E-state index in [1.807, 2.05) is 6.07 Å². The third-order valence-corrected chi connectivity index (χ3v) is 4.55. The number of carboxylic acids is 1. The van der Waals surface area contributed by atoms with Crippen molar-refractivity contribution in [3.8, 4) is 0 Å². The first-order chi connectivity index (χ1) is 10.1. The molecule has 0 radical (unpaired) electrons. The quantitative estimate of drug-likeness (QED) is 0.939. The third kappa shape index (κ3) is 2.56. The summed E-state index contributed by atoms with van der Waals surface area (Å²) in [6.07, 6.45) is 3.76. The first kappa shape index (κ1) is 14.1. The van der Waals surface area contributed by atoms with Crippen molar-refractivity contribution in [2.45, 2.75) is 45.8 Å². The smallest absolute Gasteiger partial charge is 0.335 e. The highest BCUT2D eigenvalue weighted by atomic mass is 16.5. The standard InChI is InChI=1S/C17H21NO3/c1-11-12(2)18(10-14-5-3-4-8-21-14)16-7-6-13(17(19)20)9-15(11)16/h6-7,9,14H,3-5,8,10H2,1-2H3,(H,19,20). The molecule has 4 nitrogen and oxygen atoms in total. The van der Waals surface area contributed by atoms with Crippen molar-refractivity contribution >= 4 is 16.9 Å². The van der Waals surface area contributed by atoms with E-state index < -0.39 is 5.97 Å². The molecule has 1 unspecified atom stereocenters. The number of aryl methyl sites for hydroxylation is 1. The van der Waals surface area contributed by atoms with E-state index in [0.29, 0.717) is 5.56 Å². The first-order valence-corrected chi connectivity index (χ1v) is 7.52. The van der Waals surface area contributed by atoms with E-state index in [9.17, 15) is 4.79 Å². The molecule has 2 heterocycles. The van der Waals surface area contributed by atoms with Crippen LogP contribution >= 0.6 is 0 Å². The third-order valence-electron chi connectivity index (χ3n) is 4.55. The first-order valence-electron chi connectivity index (χ1n) is 7.52. The van der Waals surface area contributed by atoms with Gasteiger partial charge in [0.1, 0.15) is 0 Å². The topological polar surface area (TPSA) is 51.5 Å². The lowest BCUT2D eigenvalue weighted by atomic mass is 10.1. The van der Waals surface area contributed by atoms with Gasteiger partial charge in [0.2, 0.25) is 0 Å². The molecule has 1 aromatic heterocycles. The molecule has 112 valence electrons. The maximum atomic E-state index is 11.1. The molecule has 2 aromatic rings. The number of fused-ring (bicyclic) bond motifs is 1. The van der Waals surface area contributed by atoms with Crippen molar-refractivity contribution in [2.75, 3.05) is 6.61 Å². The highest BCUT2D eigenvalue weighted by Gasteiger charge is 2.19. The minimum absolute atomic E-state index is 0.270. The fraction of sp³-hybridized carbons (Fsp3) is 0.471. The Labute approximate surface area is 124 Å². The fourth-order valence-electron chi connectivity index (χ4n) is 3.17. The number of hydrogen-bond donors (Lipinski definition) is 1. The van der Waals surface area contributed by atoms with Crippen molar-refractivity contribution in [2.24, 2.45) is 0 Å². The summed E-state index contributed by atoms with van der Waals surface area (Å²) in [7, 11) is 0. The molecule has 1 fully saturated rings. The van der Waals surface area contributed by atoms with Gasteiger partial charge in [-0.15, -0.1) is 0 Å². The summed E-state index contributed by atoms with van der Waals surface area (Å²) in [5, 5.41) is 10.2. The Morgan fingerprint density at radius 3 is 2.86 bits per heavy atom. The van der Waals surface area contributed by atoms with E-state index in [-0.39, 0.29) is 6.10 Å². The second-order valence-corrected chi connectivity index (χ2v) is 5.85. The van der Waals surface area contributed by atoms with Gasteiger partial charge in [0.05, 0.1) is 11.7 Å². The van der Waals surface area contributed by atoms with Crippen LogP contribution in [0.4, 0.5) is 0 Å². The van der Waals surface area contributed by atoms with Crippen LogP contribution in [0.3, 0.4) is 0 Å². The Morgan fingerprint density at radius 2 is 2.19 bits per heavy atom. The Bertz CT molecular complexity index is 681. The van der Waals surface area contributed by atoms with E-state index in [1.165, 1.54) is 12.1 Å². The van der Waals surface area contributed by atoms with Gasteiger partial charge >= 0.3 is 5.97 Å². The fourth-order valence-corrected chi connectivity index (χ4v) is 3.17. The maximum absolute atomic E-state index is 11.1. The molecule has 0 saturated carbocycles. The number of nitrogens with zero attached hydrogens (tertiary/aromatic N) is 1. The summed E-state index contributed by atoms with van der Waals surface area (Å²) in [6, 6.07) is 5.38. The van der Waals surface area contributed by atoms with Gasteiger partial charge in [-0.2, -0.15) is 0 Å². The highest BCUT2D eigenvalue weighted by Crippen LogP contribution is 2.28. The lowest BCUT2D eigenvalue weighted by Gasteiger charge is -2.24. The molecule has 0 bridgehead atoms. The number of rotatable bonds is 3. The average Bonchev–Trinajstić information content (AvgIpc) is 2.73. The molecule has 3 rings (SSSR count). The predicted octanol–water partition coefficient (Wildman–Crippen LogP) is 3.53. The van der Waals surface area contributed by atoms with Crippen LogP contribution in [-0.4, -0.2) is 28.4 Å². The zero-order chi connectivity index (χ0) is 15.0. The van der Waals surface area contributed by atoms with Crippen LogP contribution < -0.4 is 0 Å². The number of ether oxygens (including phenoxy) is 1. The lowest BCUT2D eigenvalue weighted by Crippen LogP contribution is -2.24. The van der Waals surface area contributed by atoms with Crippen molar-refractivity contribution < 1.29 is 14.6 Å². The summed E-state index contributed by atoms with van der Waals surface area (Å²) in [5.41, 5.74) is 3.80. The molecule has 0 spiro atoms. The lowest BCUT2D eigenvalue weighted by molar-refractivity contribution is 0.00640. The second kappa shape index (κ2) is 5.53. The van der Waals surface area contributed by atoms with Crippen LogP contribution in [0.5, 0.6) is 0 Å². The molecule has 1 N–H and O–H groups in total. The summed E-state index contributed by atoms with van der Waals surface area (Å²) in [4.78, 5) is 11.1. The van der Waals surface area contributed by atoms with Crippen LogP contribution in [0, 0.1) is 13.8 Å². The molecular weight excluding hydrogens is 266 g/mol. The Balaban J connectivity index is 2.01. The SMILES string of the molecule is Cc1c(C)n(CC2CCCCO2)c2ccc(C(=O)O)cc12. The summed E-state index contributed by atoms with van der Waals surface area (Å²) in [6.45, 7) is 5.85. The predicted molar refractivity (Wildman–Crippen MR) is 82.0 cm³/mol. The van der Waals surface area contributed by atoms with E-state index in [1.54, 1.807) is 12.1 Å². The van der Waals surface area contributed by atoms with E-state index in [2.05, 4.69) is 18.4 Å². The van der Waals surface area contributed by atoms with E-state index in [0.717, 1.165) is 42.5 Å². The molecule has 1 aliphatic rings. The van der Waals surface area contributed by atoms with Gasteiger partial charge in [-0.3, -0.25) is 0 Å². The van der Waals surface area contributed by atoms with Gasteiger partial charge in [-0.25, -0.2) is 4.79 Å². The van der Waals surface area contributed by atoms with Crippen molar-refractivity contribution in [1.29, 1.82) is 0 Å². The summed E-state index contributed by atoms with van der Waals surface area (Å²) < 4.78 is 8.11. The Kier molecular flexibility index (Phi) is 3.72. The molecule has 21 heavy (non-hydrogen) atoms. The minimum Gasteiger partial charge on any atom is -0.478 e. The zero-order valence-electron chi connectivity index (χ0n) is 12.6. The van der Waals surface area contributed by atoms with Crippen molar-refractivity contribution in [3.63, 3.8) is 0 Å². The number of aromatic carboxylic acids is 1. The van der Waals surface area contributed by atoms with Gasteiger partial charge in [0.25, 0.3) is 0 Å². The van der Waals surface area contributed by atoms with Crippen molar-refractivity contribution in [3.05, 3.63) is 35.0 Å². The van der Waals surface area contributed by atoms with Gasteiger partial charge < -0.3 is 14.4 Å².